The molecule has 0 saturated heterocycles. The van der Waals surface area contributed by atoms with E-state index < -0.39 is 0 Å². The second kappa shape index (κ2) is 9.15. The van der Waals surface area contributed by atoms with Crippen LogP contribution in [0.2, 0.25) is 0 Å². The average Bonchev–Trinajstić information content (AvgIpc) is 3.46. The quantitative estimate of drug-likeness (QED) is 0.397. The molecular formula is C25H25N5O2S. The van der Waals surface area contributed by atoms with Gasteiger partial charge in [-0.1, -0.05) is 6.07 Å². The number of anilines is 2. The normalized spacial score (nSPS) is 13.9. The molecule has 8 heteroatoms. The SMILES string of the molecule is Cc1cc(C)nc(N[C@@H](c2ccccn2)c2c(NC(=O)c3ccco3)sc3c2CCCC3)n1. The third-order valence-electron chi connectivity index (χ3n) is 5.71. The Kier molecular flexibility index (Phi) is 5.92. The second-order valence-electron chi connectivity index (χ2n) is 8.19. The van der Waals surface area contributed by atoms with E-state index in [9.17, 15) is 4.79 Å². The summed E-state index contributed by atoms with van der Waals surface area (Å²) in [6.07, 6.45) is 7.55. The van der Waals surface area contributed by atoms with Gasteiger partial charge in [0.25, 0.3) is 5.91 Å². The molecule has 168 valence electrons. The number of hydrogen-bond acceptors (Lipinski definition) is 7. The number of fused-ring (bicyclic) bond motifs is 1. The van der Waals surface area contributed by atoms with Crippen molar-refractivity contribution in [2.24, 2.45) is 0 Å². The average molecular weight is 460 g/mol. The van der Waals surface area contributed by atoms with Gasteiger partial charge in [0.05, 0.1) is 18.0 Å². The Bertz CT molecular complexity index is 1250. The maximum atomic E-state index is 12.9. The van der Waals surface area contributed by atoms with Crippen LogP contribution in [-0.2, 0) is 12.8 Å². The van der Waals surface area contributed by atoms with Gasteiger partial charge >= 0.3 is 0 Å². The molecule has 1 amide bonds. The van der Waals surface area contributed by atoms with E-state index in [-0.39, 0.29) is 17.7 Å². The van der Waals surface area contributed by atoms with Crippen LogP contribution in [0.15, 0.2) is 53.3 Å². The molecular weight excluding hydrogens is 434 g/mol. The van der Waals surface area contributed by atoms with Gasteiger partial charge in [-0.2, -0.15) is 0 Å². The first kappa shape index (κ1) is 21.3. The van der Waals surface area contributed by atoms with Crippen LogP contribution in [0.25, 0.3) is 0 Å². The number of furan rings is 1. The number of nitrogens with zero attached hydrogens (tertiary/aromatic N) is 3. The molecule has 7 nitrogen and oxygen atoms in total. The van der Waals surface area contributed by atoms with E-state index >= 15 is 0 Å². The first-order valence-electron chi connectivity index (χ1n) is 11.1. The molecule has 1 aliphatic carbocycles. The Hall–Kier alpha value is -3.52. The van der Waals surface area contributed by atoms with Gasteiger partial charge in [0.2, 0.25) is 5.95 Å². The van der Waals surface area contributed by atoms with E-state index in [1.807, 2.05) is 38.1 Å². The van der Waals surface area contributed by atoms with Crippen LogP contribution in [0.5, 0.6) is 0 Å². The van der Waals surface area contributed by atoms with Crippen molar-refractivity contribution >= 4 is 28.2 Å². The fourth-order valence-electron chi connectivity index (χ4n) is 4.32. The molecule has 0 unspecified atom stereocenters. The Morgan fingerprint density at radius 3 is 2.64 bits per heavy atom. The molecule has 0 aliphatic heterocycles. The van der Waals surface area contributed by atoms with E-state index in [0.717, 1.165) is 53.3 Å². The van der Waals surface area contributed by atoms with E-state index in [1.165, 1.54) is 16.7 Å². The molecule has 0 saturated carbocycles. The number of nitrogens with one attached hydrogen (secondary N) is 2. The van der Waals surface area contributed by atoms with Crippen LogP contribution < -0.4 is 10.6 Å². The summed E-state index contributed by atoms with van der Waals surface area (Å²) >= 11 is 1.65. The third kappa shape index (κ3) is 4.52. The maximum Gasteiger partial charge on any atom is 0.291 e. The molecule has 33 heavy (non-hydrogen) atoms. The third-order valence-corrected chi connectivity index (χ3v) is 6.94. The van der Waals surface area contributed by atoms with Gasteiger partial charge in [-0.15, -0.1) is 11.3 Å². The van der Waals surface area contributed by atoms with Crippen molar-refractivity contribution < 1.29 is 9.21 Å². The number of amides is 1. The minimum atomic E-state index is -0.308. The van der Waals surface area contributed by atoms with Gasteiger partial charge in [0, 0.05) is 28.0 Å². The van der Waals surface area contributed by atoms with Crippen LogP contribution in [0.1, 0.15) is 62.5 Å². The lowest BCUT2D eigenvalue weighted by Crippen LogP contribution is -2.20. The topological polar surface area (TPSA) is 92.9 Å². The van der Waals surface area contributed by atoms with Crippen LogP contribution in [-0.4, -0.2) is 20.9 Å². The molecule has 4 aromatic rings. The summed E-state index contributed by atoms with van der Waals surface area (Å²) in [4.78, 5) is 28.1. The number of carbonyl (C=O) groups excluding carboxylic acids is 1. The van der Waals surface area contributed by atoms with Gasteiger partial charge < -0.3 is 15.1 Å². The molecule has 5 rings (SSSR count). The summed E-state index contributed by atoms with van der Waals surface area (Å²) in [5.41, 5.74) is 4.96. The molecule has 4 aromatic heterocycles. The highest BCUT2D eigenvalue weighted by Gasteiger charge is 2.30. The number of thiophene rings is 1. The predicted molar refractivity (Wildman–Crippen MR) is 129 cm³/mol. The summed E-state index contributed by atoms with van der Waals surface area (Å²) in [6, 6.07) is 10.9. The van der Waals surface area contributed by atoms with Gasteiger partial charge in [-0.3, -0.25) is 9.78 Å². The largest absolute Gasteiger partial charge is 0.459 e. The number of carbonyl (C=O) groups is 1. The van der Waals surface area contributed by atoms with Gasteiger partial charge in [-0.25, -0.2) is 9.97 Å². The number of rotatable bonds is 6. The fourth-order valence-corrected chi connectivity index (χ4v) is 5.64. The van der Waals surface area contributed by atoms with Crippen molar-refractivity contribution in [3.05, 3.63) is 87.7 Å². The lowest BCUT2D eigenvalue weighted by atomic mass is 9.91. The summed E-state index contributed by atoms with van der Waals surface area (Å²) in [6.45, 7) is 3.91. The molecule has 1 aliphatic rings. The van der Waals surface area contributed by atoms with E-state index in [0.29, 0.717) is 5.95 Å². The second-order valence-corrected chi connectivity index (χ2v) is 9.30. The lowest BCUT2D eigenvalue weighted by Gasteiger charge is -2.23. The van der Waals surface area contributed by atoms with Gasteiger partial charge in [0.1, 0.15) is 5.00 Å². The highest BCUT2D eigenvalue weighted by molar-refractivity contribution is 7.16. The zero-order valence-corrected chi connectivity index (χ0v) is 19.4. The highest BCUT2D eigenvalue weighted by Crippen LogP contribution is 2.44. The zero-order valence-electron chi connectivity index (χ0n) is 18.6. The Balaban J connectivity index is 1.61. The smallest absolute Gasteiger partial charge is 0.291 e. The minimum Gasteiger partial charge on any atom is -0.459 e. The Labute approximate surface area is 196 Å². The van der Waals surface area contributed by atoms with Crippen molar-refractivity contribution in [3.63, 3.8) is 0 Å². The van der Waals surface area contributed by atoms with Crippen LogP contribution in [0.4, 0.5) is 10.9 Å². The first-order valence-corrected chi connectivity index (χ1v) is 11.9. The summed E-state index contributed by atoms with van der Waals surface area (Å²) in [5, 5.41) is 7.45. The molecule has 0 radical (unpaired) electrons. The van der Waals surface area contributed by atoms with Crippen molar-refractivity contribution in [2.45, 2.75) is 45.6 Å². The number of hydrogen-bond donors (Lipinski definition) is 2. The molecule has 1 atom stereocenters. The van der Waals surface area contributed by atoms with Crippen LogP contribution >= 0.6 is 11.3 Å². The molecule has 2 N–H and O–H groups in total. The van der Waals surface area contributed by atoms with E-state index in [2.05, 4.69) is 25.6 Å². The Morgan fingerprint density at radius 2 is 1.91 bits per heavy atom. The van der Waals surface area contributed by atoms with Crippen molar-refractivity contribution in [3.8, 4) is 0 Å². The maximum absolute atomic E-state index is 12.9. The summed E-state index contributed by atoms with van der Waals surface area (Å²) < 4.78 is 5.32. The van der Waals surface area contributed by atoms with Crippen molar-refractivity contribution in [1.29, 1.82) is 0 Å². The predicted octanol–water partition coefficient (Wildman–Crippen LogP) is 5.48. The molecule has 0 fully saturated rings. The monoisotopic (exact) mass is 459 g/mol. The van der Waals surface area contributed by atoms with Crippen LogP contribution in [0.3, 0.4) is 0 Å². The van der Waals surface area contributed by atoms with E-state index in [4.69, 9.17) is 4.42 Å². The summed E-state index contributed by atoms with van der Waals surface area (Å²) in [7, 11) is 0. The molecule has 0 spiro atoms. The standard InChI is InChI=1S/C25H25N5O2S/c1-15-14-16(2)28-25(27-15)29-22(18-9-5-6-12-26-18)21-17-8-3-4-11-20(17)33-24(21)30-23(31)19-10-7-13-32-19/h5-7,9-10,12-14,22H,3-4,8,11H2,1-2H3,(H,30,31)(H,27,28,29)/t22-/m0/s1. The minimum absolute atomic E-state index is 0.262. The van der Waals surface area contributed by atoms with Crippen LogP contribution in [0, 0.1) is 13.8 Å². The zero-order chi connectivity index (χ0) is 22.8. The van der Waals surface area contributed by atoms with Crippen molar-refractivity contribution in [2.75, 3.05) is 10.6 Å². The summed E-state index contributed by atoms with van der Waals surface area (Å²) in [5.74, 6) is 0.566. The fraction of sp³-hybridized carbons (Fsp3) is 0.280. The number of pyridine rings is 1. The first-order chi connectivity index (χ1) is 16.1. The number of aromatic nitrogens is 3. The van der Waals surface area contributed by atoms with Gasteiger partial charge in [-0.05, 0) is 75.4 Å². The number of aryl methyl sites for hydroxylation is 3. The van der Waals surface area contributed by atoms with Crippen molar-refractivity contribution in [1.82, 2.24) is 15.0 Å². The molecule has 0 bridgehead atoms. The van der Waals surface area contributed by atoms with Gasteiger partial charge in [0.15, 0.2) is 5.76 Å². The Morgan fingerprint density at radius 1 is 1.09 bits per heavy atom. The molecule has 4 heterocycles. The van der Waals surface area contributed by atoms with E-state index in [1.54, 1.807) is 29.7 Å². The highest BCUT2D eigenvalue weighted by atomic mass is 32.1. The molecule has 0 aromatic carbocycles. The lowest BCUT2D eigenvalue weighted by molar-refractivity contribution is 0.0997.